The van der Waals surface area contributed by atoms with Crippen LogP contribution in [-0.2, 0) is 0 Å². The number of para-hydroxylation sites is 3. The monoisotopic (exact) mass is 782 g/mol. The average Bonchev–Trinajstić information content (AvgIpc) is 3.71. The zero-order valence-electron chi connectivity index (χ0n) is 32.7. The summed E-state index contributed by atoms with van der Waals surface area (Å²) in [4.78, 5) is 17.4. The Bertz CT molecular complexity index is 3400. The Hall–Kier alpha value is -8.35. The predicted octanol–water partition coefficient (Wildman–Crippen LogP) is 14.8. The fourth-order valence-electron chi connectivity index (χ4n) is 8.63. The zero-order chi connectivity index (χ0) is 40.3. The van der Waals surface area contributed by atoms with Gasteiger partial charge in [0.2, 0.25) is 0 Å². The maximum Gasteiger partial charge on any atom is 0.164 e. The van der Waals surface area contributed by atoms with Crippen LogP contribution in [0.4, 0.5) is 17.1 Å². The van der Waals surface area contributed by atoms with Crippen molar-refractivity contribution >= 4 is 49.8 Å². The Morgan fingerprint density at radius 3 is 1.62 bits per heavy atom. The van der Waals surface area contributed by atoms with Crippen LogP contribution in [0.3, 0.4) is 0 Å². The summed E-state index contributed by atoms with van der Waals surface area (Å²) in [5.74, 6) is 3.31. The summed E-state index contributed by atoms with van der Waals surface area (Å²) >= 11 is 0. The average molecular weight is 783 g/mol. The van der Waals surface area contributed by atoms with Crippen LogP contribution in [0.1, 0.15) is 0 Å². The van der Waals surface area contributed by atoms with Crippen molar-refractivity contribution in [1.82, 2.24) is 15.0 Å². The summed E-state index contributed by atoms with van der Waals surface area (Å²) in [6, 6.07) is 71.1. The van der Waals surface area contributed by atoms with Gasteiger partial charge in [0.1, 0.15) is 22.7 Å². The van der Waals surface area contributed by atoms with Gasteiger partial charge in [0.15, 0.2) is 17.5 Å². The van der Waals surface area contributed by atoms with Gasteiger partial charge in [0.05, 0.1) is 0 Å². The van der Waals surface area contributed by atoms with Gasteiger partial charge < -0.3 is 14.1 Å². The number of hydrogen-bond donors (Lipinski definition) is 0. The first-order chi connectivity index (χ1) is 30.2. The molecule has 0 atom stereocenters. The third-order valence-electron chi connectivity index (χ3n) is 11.5. The van der Waals surface area contributed by atoms with Gasteiger partial charge in [-0.1, -0.05) is 127 Å². The van der Waals surface area contributed by atoms with Crippen LogP contribution in [0.15, 0.2) is 211 Å². The topological polar surface area (TPSA) is 64.3 Å². The van der Waals surface area contributed by atoms with Gasteiger partial charge in [-0.15, -0.1) is 0 Å². The first kappa shape index (κ1) is 34.7. The molecule has 11 aromatic rings. The number of hydrogen-bond acceptors (Lipinski definition) is 6. The molecule has 12 rings (SSSR count). The summed E-state index contributed by atoms with van der Waals surface area (Å²) in [6.07, 6.45) is 0. The molecule has 0 bridgehead atoms. The van der Waals surface area contributed by atoms with Gasteiger partial charge in [-0.3, -0.25) is 0 Å². The van der Waals surface area contributed by atoms with Crippen molar-refractivity contribution in [3.05, 3.63) is 206 Å². The fourth-order valence-corrected chi connectivity index (χ4v) is 8.63. The maximum absolute atomic E-state index is 6.77. The molecule has 1 aliphatic heterocycles. The number of aromatic nitrogens is 3. The lowest BCUT2D eigenvalue weighted by Gasteiger charge is -2.26. The van der Waals surface area contributed by atoms with Crippen LogP contribution in [0.2, 0.25) is 0 Å². The van der Waals surface area contributed by atoms with Crippen LogP contribution < -0.4 is 9.64 Å². The number of fused-ring (bicyclic) bond motifs is 5. The molecule has 286 valence electrons. The van der Waals surface area contributed by atoms with E-state index in [0.717, 1.165) is 100 Å². The van der Waals surface area contributed by atoms with Crippen LogP contribution in [0.5, 0.6) is 11.5 Å². The molecular formula is C55H34N4O2. The molecule has 0 radical (unpaired) electrons. The molecule has 0 amide bonds. The Kier molecular flexibility index (Phi) is 8.06. The van der Waals surface area contributed by atoms with Crippen molar-refractivity contribution in [2.45, 2.75) is 0 Å². The van der Waals surface area contributed by atoms with Crippen molar-refractivity contribution in [2.75, 3.05) is 4.90 Å². The Morgan fingerprint density at radius 2 is 0.885 bits per heavy atom. The van der Waals surface area contributed by atoms with E-state index >= 15 is 0 Å². The zero-order valence-corrected chi connectivity index (χ0v) is 32.7. The first-order valence-electron chi connectivity index (χ1n) is 20.3. The number of nitrogens with zero attached hydrogens (tertiary/aromatic N) is 4. The minimum atomic E-state index is 0.563. The van der Waals surface area contributed by atoms with Gasteiger partial charge in [-0.05, 0) is 101 Å². The third kappa shape index (κ3) is 6.00. The summed E-state index contributed by atoms with van der Waals surface area (Å²) in [6.45, 7) is 0. The summed E-state index contributed by atoms with van der Waals surface area (Å²) in [7, 11) is 0. The molecule has 0 saturated carbocycles. The molecule has 6 nitrogen and oxygen atoms in total. The van der Waals surface area contributed by atoms with E-state index in [1.807, 2.05) is 72.8 Å². The predicted molar refractivity (Wildman–Crippen MR) is 247 cm³/mol. The van der Waals surface area contributed by atoms with E-state index in [9.17, 15) is 0 Å². The lowest BCUT2D eigenvalue weighted by Crippen LogP contribution is -2.09. The van der Waals surface area contributed by atoms with Crippen molar-refractivity contribution in [2.24, 2.45) is 0 Å². The molecule has 3 heterocycles. The minimum absolute atomic E-state index is 0.563. The lowest BCUT2D eigenvalue weighted by atomic mass is 9.90. The van der Waals surface area contributed by atoms with E-state index < -0.39 is 0 Å². The second-order valence-corrected chi connectivity index (χ2v) is 15.2. The van der Waals surface area contributed by atoms with Crippen molar-refractivity contribution in [1.29, 1.82) is 0 Å². The van der Waals surface area contributed by atoms with Gasteiger partial charge in [-0.25, -0.2) is 15.0 Å². The molecule has 61 heavy (non-hydrogen) atoms. The van der Waals surface area contributed by atoms with Crippen LogP contribution >= 0.6 is 0 Å². The lowest BCUT2D eigenvalue weighted by molar-refractivity contribution is 0.487. The normalized spacial score (nSPS) is 11.7. The number of rotatable bonds is 7. The SMILES string of the molecule is c1ccc(-c2nc(-c3ccc4c(c3)Oc3ccc(-c5ccc(N(c6ccccc6)c6ccccc6)cc5)c5cccc-4c35)nc(-c3ccc4oc5ccccc5c4c3)n2)cc1. The largest absolute Gasteiger partial charge is 0.456 e. The maximum atomic E-state index is 6.77. The van der Waals surface area contributed by atoms with Gasteiger partial charge in [0.25, 0.3) is 0 Å². The van der Waals surface area contributed by atoms with E-state index in [1.165, 1.54) is 0 Å². The molecule has 0 N–H and O–H groups in total. The quantitative estimate of drug-likeness (QED) is 0.160. The van der Waals surface area contributed by atoms with Gasteiger partial charge >= 0.3 is 0 Å². The highest BCUT2D eigenvalue weighted by molar-refractivity contribution is 6.10. The van der Waals surface area contributed by atoms with Gasteiger partial charge in [0, 0.05) is 55.5 Å². The highest BCUT2D eigenvalue weighted by atomic mass is 16.5. The van der Waals surface area contributed by atoms with Crippen LogP contribution in [-0.4, -0.2) is 15.0 Å². The molecule has 0 fully saturated rings. The minimum Gasteiger partial charge on any atom is -0.456 e. The van der Waals surface area contributed by atoms with E-state index in [0.29, 0.717) is 17.5 Å². The summed E-state index contributed by atoms with van der Waals surface area (Å²) < 4.78 is 12.9. The molecule has 2 aromatic heterocycles. The van der Waals surface area contributed by atoms with E-state index in [4.69, 9.17) is 24.1 Å². The molecule has 0 unspecified atom stereocenters. The molecule has 9 aromatic carbocycles. The molecule has 0 saturated heterocycles. The number of furan rings is 1. The van der Waals surface area contributed by atoms with E-state index in [1.54, 1.807) is 0 Å². The highest BCUT2D eigenvalue weighted by Gasteiger charge is 2.24. The van der Waals surface area contributed by atoms with Crippen LogP contribution in [0.25, 0.3) is 89.1 Å². The molecular weight excluding hydrogens is 749 g/mol. The number of ether oxygens (including phenoxy) is 1. The Labute approximate surface area is 351 Å². The molecule has 6 heteroatoms. The number of benzene rings is 9. The molecule has 0 aliphatic carbocycles. The van der Waals surface area contributed by atoms with E-state index in [2.05, 4.69) is 138 Å². The second-order valence-electron chi connectivity index (χ2n) is 15.2. The Balaban J connectivity index is 0.923. The fraction of sp³-hybridized carbons (Fsp3) is 0. The molecule has 1 aliphatic rings. The van der Waals surface area contributed by atoms with Gasteiger partial charge in [-0.2, -0.15) is 0 Å². The van der Waals surface area contributed by atoms with Crippen molar-refractivity contribution < 1.29 is 9.15 Å². The smallest absolute Gasteiger partial charge is 0.164 e. The first-order valence-corrected chi connectivity index (χ1v) is 20.3. The summed E-state index contributed by atoms with van der Waals surface area (Å²) in [5, 5.41) is 4.30. The standard InChI is InChI=1S/C55H34N4O2/c1-4-13-36(14-5-1)53-56-54(37-26-31-49-47(33-37)43-19-10-11-22-48(43)60-49)58-55(57-53)38-25-29-44-46-21-12-20-45-42(30-32-50(52(45)46)61-51(44)34-38)35-23-27-41(28-24-35)59(39-15-6-2-7-16-39)40-17-8-3-9-18-40/h1-34H. The molecule has 0 spiro atoms. The van der Waals surface area contributed by atoms with Crippen molar-refractivity contribution in [3.8, 4) is 67.9 Å². The Morgan fingerprint density at radius 1 is 0.328 bits per heavy atom. The number of anilines is 3. The van der Waals surface area contributed by atoms with Crippen molar-refractivity contribution in [3.63, 3.8) is 0 Å². The summed E-state index contributed by atoms with van der Waals surface area (Å²) in [5.41, 5.74) is 12.0. The second kappa shape index (κ2) is 14.2. The van der Waals surface area contributed by atoms with Crippen LogP contribution in [0, 0.1) is 0 Å². The highest BCUT2D eigenvalue weighted by Crippen LogP contribution is 2.50. The van der Waals surface area contributed by atoms with E-state index in [-0.39, 0.29) is 0 Å². The third-order valence-corrected chi connectivity index (χ3v) is 11.5.